The SMILES string of the molecule is Cc1ccc2c(c1)c1cc3c(cc1n2-c1cc(C(C)(C)C)ccn1)N(c1cc(C2=N[C@@H]4c5cc(C)c(C)c(C)c5-c5c(cc(C)c(C)c5C)[C@]4(C)N2c2c(C)c(C)cc(C)c2C)cc(C(C)C)c1)c1ccccc1C3(C)C. The van der Waals surface area contributed by atoms with E-state index in [-0.39, 0.29) is 22.8 Å². The lowest BCUT2D eigenvalue weighted by Gasteiger charge is -2.48. The van der Waals surface area contributed by atoms with Gasteiger partial charge in [-0.3, -0.25) is 9.56 Å². The Labute approximate surface area is 458 Å². The zero-order valence-corrected chi connectivity index (χ0v) is 49.3. The molecule has 1 aliphatic carbocycles. The van der Waals surface area contributed by atoms with E-state index in [1.54, 1.807) is 0 Å². The fourth-order valence-electron chi connectivity index (χ4n) is 13.9. The number of hydrogen-bond donors (Lipinski definition) is 0. The molecule has 9 aromatic rings. The van der Waals surface area contributed by atoms with E-state index in [1.165, 1.54) is 134 Å². The molecule has 0 amide bonds. The number of fused-ring (bicyclic) bond motifs is 11. The molecule has 7 aromatic carbocycles. The first kappa shape index (κ1) is 50.6. The van der Waals surface area contributed by atoms with Crippen LogP contribution in [-0.4, -0.2) is 15.4 Å². The van der Waals surface area contributed by atoms with Gasteiger partial charge in [0.25, 0.3) is 0 Å². The first-order valence-electron chi connectivity index (χ1n) is 28.1. The Morgan fingerprint density at radius 3 is 1.90 bits per heavy atom. The molecule has 5 nitrogen and oxygen atoms in total. The number of hydrogen-bond acceptors (Lipinski definition) is 4. The van der Waals surface area contributed by atoms with Gasteiger partial charge in [0.2, 0.25) is 0 Å². The van der Waals surface area contributed by atoms with Gasteiger partial charge in [0, 0.05) is 39.3 Å². The number of aliphatic imine (C=N–C) groups is 1. The summed E-state index contributed by atoms with van der Waals surface area (Å²) in [6.07, 6.45) is 1.99. The second-order valence-corrected chi connectivity index (χ2v) is 25.6. The number of amidine groups is 1. The molecule has 0 radical (unpaired) electrons. The van der Waals surface area contributed by atoms with Crippen LogP contribution in [0.1, 0.15) is 167 Å². The maximum absolute atomic E-state index is 6.24. The zero-order valence-electron chi connectivity index (χ0n) is 49.3. The monoisotopic (exact) mass is 1010 g/mol. The summed E-state index contributed by atoms with van der Waals surface area (Å²) in [5.74, 6) is 2.19. The van der Waals surface area contributed by atoms with Crippen LogP contribution in [0, 0.1) is 76.2 Å². The summed E-state index contributed by atoms with van der Waals surface area (Å²) in [4.78, 5) is 16.7. The number of nitrogens with zero attached hydrogens (tertiary/aromatic N) is 5. The fourth-order valence-corrected chi connectivity index (χ4v) is 13.9. The van der Waals surface area contributed by atoms with Gasteiger partial charge in [-0.25, -0.2) is 4.98 Å². The number of benzene rings is 7. The second-order valence-electron chi connectivity index (χ2n) is 25.6. The molecule has 0 N–H and O–H groups in total. The molecule has 390 valence electrons. The molecule has 0 bridgehead atoms. The van der Waals surface area contributed by atoms with Gasteiger partial charge in [-0.15, -0.1) is 0 Å². The van der Waals surface area contributed by atoms with E-state index in [2.05, 4.69) is 249 Å². The van der Waals surface area contributed by atoms with Crippen LogP contribution < -0.4 is 9.80 Å². The van der Waals surface area contributed by atoms with Crippen molar-refractivity contribution in [1.82, 2.24) is 9.55 Å². The van der Waals surface area contributed by atoms with Crippen molar-refractivity contribution in [1.29, 1.82) is 0 Å². The average molecular weight is 1010 g/mol. The van der Waals surface area contributed by atoms with Gasteiger partial charge in [-0.2, -0.15) is 0 Å². The van der Waals surface area contributed by atoms with Crippen LogP contribution >= 0.6 is 0 Å². The fraction of sp³-hybridized carbons (Fsp3) is 0.333. The normalized spacial score (nSPS) is 17.5. The molecule has 0 spiro atoms. The topological polar surface area (TPSA) is 36.7 Å². The third-order valence-corrected chi connectivity index (χ3v) is 19.2. The van der Waals surface area contributed by atoms with Crippen molar-refractivity contribution in [3.05, 3.63) is 209 Å². The summed E-state index contributed by atoms with van der Waals surface area (Å²) >= 11 is 0. The van der Waals surface area contributed by atoms with E-state index < -0.39 is 5.54 Å². The van der Waals surface area contributed by atoms with E-state index in [4.69, 9.17) is 9.98 Å². The standard InChI is InChI=1S/C72H77N5/c1-38(2)50-32-51(69-74-68-56-30-42(6)44(8)48(12)65(56)66-49(13)45(9)43(7)31-59(66)72(68,19)77(69)67-46(10)40(4)29-41(5)47(67)11)34-53(33-50)75-61-23-21-20-22-57(61)71(17,18)58-36-55-54-28-39(3)24-25-60(54)76(62(55)37-63(58)75)64-35-52(26-27-73-64)70(14,15)16/h20-38,68H,1-19H3/t68-,72+/m1/s1. The number of aryl methyl sites for hydroxylation is 5. The zero-order chi connectivity index (χ0) is 54.8. The van der Waals surface area contributed by atoms with Crippen molar-refractivity contribution in [2.24, 2.45) is 4.99 Å². The summed E-state index contributed by atoms with van der Waals surface area (Å²) in [6, 6.07) is 40.1. The highest BCUT2D eigenvalue weighted by Gasteiger charge is 2.55. The Kier molecular flexibility index (Phi) is 11.2. The van der Waals surface area contributed by atoms with Gasteiger partial charge in [-0.1, -0.05) is 96.5 Å². The molecule has 2 aliphatic heterocycles. The molecule has 2 atom stereocenters. The second kappa shape index (κ2) is 17.1. The summed E-state index contributed by atoms with van der Waals surface area (Å²) < 4.78 is 2.41. The van der Waals surface area contributed by atoms with Crippen LogP contribution in [0.25, 0.3) is 38.8 Å². The molecule has 0 unspecified atom stereocenters. The molecular formula is C72H77N5. The van der Waals surface area contributed by atoms with Crippen LogP contribution in [-0.2, 0) is 16.4 Å². The highest BCUT2D eigenvalue weighted by Crippen LogP contribution is 2.61. The van der Waals surface area contributed by atoms with E-state index >= 15 is 0 Å². The molecule has 2 aromatic heterocycles. The minimum absolute atomic E-state index is 0.0412. The lowest BCUT2D eigenvalue weighted by atomic mass is 9.66. The molecule has 0 saturated heterocycles. The third-order valence-electron chi connectivity index (χ3n) is 19.2. The van der Waals surface area contributed by atoms with Gasteiger partial charge >= 0.3 is 0 Å². The average Bonchev–Trinajstić information content (AvgIpc) is 4.13. The Hall–Kier alpha value is -7.24. The predicted molar refractivity (Wildman–Crippen MR) is 328 cm³/mol. The minimum Gasteiger partial charge on any atom is -0.313 e. The van der Waals surface area contributed by atoms with Crippen molar-refractivity contribution in [2.75, 3.05) is 9.80 Å². The smallest absolute Gasteiger partial charge is 0.137 e. The van der Waals surface area contributed by atoms with Gasteiger partial charge < -0.3 is 9.80 Å². The van der Waals surface area contributed by atoms with E-state index in [0.717, 1.165) is 33.9 Å². The lowest BCUT2D eigenvalue weighted by Crippen LogP contribution is -2.49. The van der Waals surface area contributed by atoms with Gasteiger partial charge in [0.15, 0.2) is 0 Å². The Morgan fingerprint density at radius 2 is 1.21 bits per heavy atom. The van der Waals surface area contributed by atoms with Gasteiger partial charge in [0.1, 0.15) is 17.7 Å². The predicted octanol–water partition coefficient (Wildman–Crippen LogP) is 19.0. The summed E-state index contributed by atoms with van der Waals surface area (Å²) in [5.41, 5.74) is 32.4. The first-order valence-corrected chi connectivity index (χ1v) is 28.1. The van der Waals surface area contributed by atoms with Crippen LogP contribution in [0.15, 0.2) is 114 Å². The number of pyridine rings is 1. The number of rotatable bonds is 5. The van der Waals surface area contributed by atoms with Crippen molar-refractivity contribution in [2.45, 2.75) is 160 Å². The van der Waals surface area contributed by atoms with Crippen molar-refractivity contribution in [3.8, 4) is 16.9 Å². The van der Waals surface area contributed by atoms with Crippen LogP contribution in [0.4, 0.5) is 22.7 Å². The van der Waals surface area contributed by atoms with Gasteiger partial charge in [0.05, 0.1) is 27.9 Å². The third kappa shape index (κ3) is 7.17. The van der Waals surface area contributed by atoms with Crippen LogP contribution in [0.3, 0.4) is 0 Å². The molecule has 3 aliphatic rings. The molecule has 12 rings (SSSR count). The number of para-hydroxylation sites is 1. The van der Waals surface area contributed by atoms with Crippen LogP contribution in [0.2, 0.25) is 0 Å². The highest BCUT2D eigenvalue weighted by atomic mass is 15.3. The number of aromatic nitrogens is 2. The molecule has 0 fully saturated rings. The Morgan fingerprint density at radius 1 is 0.558 bits per heavy atom. The maximum atomic E-state index is 6.24. The highest BCUT2D eigenvalue weighted by molar-refractivity contribution is 6.16. The minimum atomic E-state index is -0.567. The quantitative estimate of drug-likeness (QED) is 0.172. The van der Waals surface area contributed by atoms with Crippen molar-refractivity contribution >= 4 is 50.4 Å². The molecule has 5 heteroatoms. The molecular weight excluding hydrogens is 935 g/mol. The van der Waals surface area contributed by atoms with Crippen LogP contribution in [0.5, 0.6) is 0 Å². The lowest BCUT2D eigenvalue weighted by molar-refractivity contribution is 0.420. The maximum Gasteiger partial charge on any atom is 0.137 e. The summed E-state index contributed by atoms with van der Waals surface area (Å²) in [5, 5.41) is 2.48. The van der Waals surface area contributed by atoms with E-state index in [9.17, 15) is 0 Å². The molecule has 77 heavy (non-hydrogen) atoms. The summed E-state index contributed by atoms with van der Waals surface area (Å²) in [6.45, 7) is 44.2. The van der Waals surface area contributed by atoms with Crippen molar-refractivity contribution < 1.29 is 0 Å². The first-order chi connectivity index (χ1) is 36.3. The number of anilines is 4. The Bertz CT molecular complexity index is 4050. The van der Waals surface area contributed by atoms with Gasteiger partial charge in [-0.05, 0) is 255 Å². The van der Waals surface area contributed by atoms with E-state index in [1.807, 2.05) is 6.20 Å². The van der Waals surface area contributed by atoms with E-state index in [0.29, 0.717) is 0 Å². The molecule has 0 saturated carbocycles. The Balaban J connectivity index is 1.17. The largest absolute Gasteiger partial charge is 0.313 e. The summed E-state index contributed by atoms with van der Waals surface area (Å²) in [7, 11) is 0. The molecule has 4 heterocycles. The van der Waals surface area contributed by atoms with Crippen molar-refractivity contribution in [3.63, 3.8) is 0 Å².